The molecule has 0 bridgehead atoms. The molecule has 6 nitrogen and oxygen atoms in total. The van der Waals surface area contributed by atoms with E-state index >= 15 is 0 Å². The fraction of sp³-hybridized carbons (Fsp3) is 0.250. The van der Waals surface area contributed by atoms with Crippen LogP contribution in [0.5, 0.6) is 5.75 Å². The molecular weight excluding hydrogens is 236 g/mol. The van der Waals surface area contributed by atoms with Gasteiger partial charge in [-0.15, -0.1) is 0 Å². The highest BCUT2D eigenvalue weighted by Crippen LogP contribution is 2.22. The van der Waals surface area contributed by atoms with Gasteiger partial charge >= 0.3 is 0 Å². The van der Waals surface area contributed by atoms with Crippen LogP contribution in [0.2, 0.25) is 0 Å². The van der Waals surface area contributed by atoms with Gasteiger partial charge in [-0.2, -0.15) is 0 Å². The Bertz CT molecular complexity index is 483. The third-order valence-corrected chi connectivity index (χ3v) is 2.25. The number of nitro benzene ring substituents is 1. The van der Waals surface area contributed by atoms with Crippen LogP contribution in [0, 0.1) is 10.1 Å². The van der Waals surface area contributed by atoms with Gasteiger partial charge in [0.25, 0.3) is 11.6 Å². The first-order valence-electron chi connectivity index (χ1n) is 5.43. The molecule has 1 amide bonds. The lowest BCUT2D eigenvalue weighted by Crippen LogP contribution is -2.24. The molecule has 0 atom stereocenters. The van der Waals surface area contributed by atoms with Gasteiger partial charge < -0.3 is 10.4 Å². The summed E-state index contributed by atoms with van der Waals surface area (Å²) >= 11 is 0. The highest BCUT2D eigenvalue weighted by Gasteiger charge is 2.20. The van der Waals surface area contributed by atoms with E-state index in [0.29, 0.717) is 13.0 Å². The molecule has 1 aromatic carbocycles. The zero-order valence-electron chi connectivity index (χ0n) is 9.92. The standard InChI is InChI=1S/C12H14N2O4/c1-2-3-4-7-13-12(16)10-8-9(15)5-6-11(10)14(17)18/h2-3,5-6,8,15H,4,7H2,1H3,(H,13,16)/b3-2+. The monoisotopic (exact) mass is 250 g/mol. The lowest BCUT2D eigenvalue weighted by atomic mass is 10.1. The molecule has 0 aliphatic heterocycles. The predicted molar refractivity (Wildman–Crippen MR) is 66.5 cm³/mol. The lowest BCUT2D eigenvalue weighted by molar-refractivity contribution is -0.385. The number of hydrogen-bond donors (Lipinski definition) is 2. The molecule has 0 aliphatic carbocycles. The van der Waals surface area contributed by atoms with E-state index in [2.05, 4.69) is 5.32 Å². The Labute approximate surface area is 104 Å². The quantitative estimate of drug-likeness (QED) is 0.362. The summed E-state index contributed by atoms with van der Waals surface area (Å²) in [5, 5.41) is 22.6. The molecule has 0 spiro atoms. The number of benzene rings is 1. The Kier molecular flexibility index (Phi) is 4.86. The van der Waals surface area contributed by atoms with Gasteiger partial charge in [0.05, 0.1) is 4.92 Å². The number of allylic oxidation sites excluding steroid dienone is 1. The molecule has 18 heavy (non-hydrogen) atoms. The molecule has 2 N–H and O–H groups in total. The number of nitrogens with one attached hydrogen (secondary N) is 1. The second-order valence-corrected chi connectivity index (χ2v) is 3.57. The largest absolute Gasteiger partial charge is 0.508 e. The van der Waals surface area contributed by atoms with E-state index in [0.717, 1.165) is 12.1 Å². The van der Waals surface area contributed by atoms with E-state index in [4.69, 9.17) is 0 Å². The number of phenols is 1. The molecule has 0 aromatic heterocycles. The van der Waals surface area contributed by atoms with Gasteiger partial charge in [-0.25, -0.2) is 0 Å². The first kappa shape index (κ1) is 13.7. The number of phenolic OH excluding ortho intramolecular Hbond substituents is 1. The number of carbonyl (C=O) groups excluding carboxylic acids is 1. The molecule has 6 heteroatoms. The third-order valence-electron chi connectivity index (χ3n) is 2.25. The third kappa shape index (κ3) is 3.58. The molecule has 1 aromatic rings. The zero-order chi connectivity index (χ0) is 13.5. The van der Waals surface area contributed by atoms with Gasteiger partial charge in [-0.05, 0) is 25.5 Å². The second-order valence-electron chi connectivity index (χ2n) is 3.57. The van der Waals surface area contributed by atoms with E-state index in [9.17, 15) is 20.0 Å². The van der Waals surface area contributed by atoms with Gasteiger partial charge in [0, 0.05) is 12.6 Å². The van der Waals surface area contributed by atoms with Crippen molar-refractivity contribution in [3.05, 3.63) is 46.0 Å². The van der Waals surface area contributed by atoms with Gasteiger partial charge in [0.15, 0.2) is 0 Å². The Morgan fingerprint density at radius 2 is 2.28 bits per heavy atom. The molecular formula is C12H14N2O4. The maximum Gasteiger partial charge on any atom is 0.282 e. The van der Waals surface area contributed by atoms with E-state index in [1.165, 1.54) is 6.07 Å². The summed E-state index contributed by atoms with van der Waals surface area (Å²) in [5.74, 6) is -0.749. The van der Waals surface area contributed by atoms with Crippen LogP contribution in [0.4, 0.5) is 5.69 Å². The number of aromatic hydroxyl groups is 1. The first-order valence-corrected chi connectivity index (χ1v) is 5.43. The van der Waals surface area contributed by atoms with Crippen molar-refractivity contribution < 1.29 is 14.8 Å². The molecule has 96 valence electrons. The van der Waals surface area contributed by atoms with Crippen molar-refractivity contribution in [2.24, 2.45) is 0 Å². The number of nitro groups is 1. The Balaban J connectivity index is 2.83. The van der Waals surface area contributed by atoms with Crippen LogP contribution in [0.25, 0.3) is 0 Å². The predicted octanol–water partition coefficient (Wildman–Crippen LogP) is 2.00. The summed E-state index contributed by atoms with van der Waals surface area (Å²) in [7, 11) is 0. The van der Waals surface area contributed by atoms with Crippen molar-refractivity contribution in [3.63, 3.8) is 0 Å². The van der Waals surface area contributed by atoms with Crippen LogP contribution in [0.15, 0.2) is 30.4 Å². The fourth-order valence-electron chi connectivity index (χ4n) is 1.40. The van der Waals surface area contributed by atoms with Crippen molar-refractivity contribution in [1.29, 1.82) is 0 Å². The van der Waals surface area contributed by atoms with Crippen molar-refractivity contribution in [1.82, 2.24) is 5.32 Å². The smallest absolute Gasteiger partial charge is 0.282 e. The van der Waals surface area contributed by atoms with Crippen molar-refractivity contribution >= 4 is 11.6 Å². The highest BCUT2D eigenvalue weighted by molar-refractivity contribution is 5.98. The normalized spacial score (nSPS) is 10.5. The van der Waals surface area contributed by atoms with E-state index in [1.54, 1.807) is 0 Å². The lowest BCUT2D eigenvalue weighted by Gasteiger charge is -2.04. The Morgan fingerprint density at radius 1 is 1.56 bits per heavy atom. The van der Waals surface area contributed by atoms with Crippen molar-refractivity contribution in [3.8, 4) is 5.75 Å². The van der Waals surface area contributed by atoms with Crippen molar-refractivity contribution in [2.75, 3.05) is 6.54 Å². The van der Waals surface area contributed by atoms with Gasteiger partial charge in [-0.3, -0.25) is 14.9 Å². The second kappa shape index (κ2) is 6.39. The molecule has 0 saturated heterocycles. The zero-order valence-corrected chi connectivity index (χ0v) is 9.92. The van der Waals surface area contributed by atoms with E-state index < -0.39 is 10.8 Å². The average Bonchev–Trinajstić information content (AvgIpc) is 2.34. The first-order chi connectivity index (χ1) is 8.56. The van der Waals surface area contributed by atoms with Crippen LogP contribution in [-0.2, 0) is 0 Å². The molecule has 0 heterocycles. The summed E-state index contributed by atoms with van der Waals surface area (Å²) in [5.41, 5.74) is -0.461. The molecule has 1 rings (SSSR count). The molecule has 0 fully saturated rings. The van der Waals surface area contributed by atoms with Crippen LogP contribution in [-0.4, -0.2) is 22.5 Å². The maximum atomic E-state index is 11.7. The number of rotatable bonds is 5. The molecule has 0 aliphatic rings. The molecule has 0 radical (unpaired) electrons. The minimum Gasteiger partial charge on any atom is -0.508 e. The topological polar surface area (TPSA) is 92.5 Å². The van der Waals surface area contributed by atoms with E-state index in [-0.39, 0.29) is 17.0 Å². The summed E-state index contributed by atoms with van der Waals surface area (Å²) in [6, 6.07) is 3.37. The summed E-state index contributed by atoms with van der Waals surface area (Å²) in [6.45, 7) is 2.25. The number of nitrogens with zero attached hydrogens (tertiary/aromatic N) is 1. The van der Waals surface area contributed by atoms with Crippen LogP contribution in [0.3, 0.4) is 0 Å². The number of hydrogen-bond acceptors (Lipinski definition) is 4. The Morgan fingerprint density at radius 3 is 2.89 bits per heavy atom. The van der Waals surface area contributed by atoms with Gasteiger partial charge in [0.2, 0.25) is 0 Å². The summed E-state index contributed by atoms with van der Waals surface area (Å²) in [6.07, 6.45) is 4.37. The molecule has 0 saturated carbocycles. The fourth-order valence-corrected chi connectivity index (χ4v) is 1.40. The maximum absolute atomic E-state index is 11.7. The van der Waals surface area contributed by atoms with Crippen LogP contribution < -0.4 is 5.32 Å². The summed E-state index contributed by atoms with van der Waals surface area (Å²) in [4.78, 5) is 21.8. The van der Waals surface area contributed by atoms with Crippen molar-refractivity contribution in [2.45, 2.75) is 13.3 Å². The Hall–Kier alpha value is -2.37. The minimum absolute atomic E-state index is 0.138. The van der Waals surface area contributed by atoms with Crippen LogP contribution in [0.1, 0.15) is 23.7 Å². The number of carbonyl (C=O) groups is 1. The average molecular weight is 250 g/mol. The minimum atomic E-state index is -0.652. The molecule has 0 unspecified atom stereocenters. The van der Waals surface area contributed by atoms with Gasteiger partial charge in [-0.1, -0.05) is 12.2 Å². The SMILES string of the molecule is C/C=C/CCNC(=O)c1cc(O)ccc1[N+](=O)[O-]. The number of amides is 1. The highest BCUT2D eigenvalue weighted by atomic mass is 16.6. The van der Waals surface area contributed by atoms with Crippen LogP contribution >= 0.6 is 0 Å². The summed E-state index contributed by atoms with van der Waals surface area (Å²) < 4.78 is 0. The van der Waals surface area contributed by atoms with Gasteiger partial charge in [0.1, 0.15) is 11.3 Å². The van der Waals surface area contributed by atoms with E-state index in [1.807, 2.05) is 19.1 Å².